The highest BCUT2D eigenvalue weighted by molar-refractivity contribution is 7.15. The van der Waals surface area contributed by atoms with Gasteiger partial charge in [-0.3, -0.25) is 9.59 Å². The minimum atomic E-state index is -0.151. The molecule has 0 radical (unpaired) electrons. The molecule has 2 amide bonds. The Labute approximate surface area is 151 Å². The fourth-order valence-electron chi connectivity index (χ4n) is 3.27. The van der Waals surface area contributed by atoms with Gasteiger partial charge >= 0.3 is 0 Å². The van der Waals surface area contributed by atoms with Gasteiger partial charge in [-0.2, -0.15) is 0 Å². The van der Waals surface area contributed by atoms with Crippen LogP contribution in [-0.4, -0.2) is 24.4 Å². The summed E-state index contributed by atoms with van der Waals surface area (Å²) in [4.78, 5) is 27.4. The third-order valence-electron chi connectivity index (χ3n) is 4.54. The summed E-state index contributed by atoms with van der Waals surface area (Å²) in [5.74, 6) is -0.0579. The lowest BCUT2D eigenvalue weighted by Crippen LogP contribution is -2.40. The van der Waals surface area contributed by atoms with Crippen molar-refractivity contribution in [1.82, 2.24) is 5.32 Å². The maximum atomic E-state index is 12.0. The number of nitrogens with one attached hydrogen (secondary N) is 1. The van der Waals surface area contributed by atoms with Crippen molar-refractivity contribution in [3.63, 3.8) is 0 Å². The van der Waals surface area contributed by atoms with Crippen molar-refractivity contribution >= 4 is 28.8 Å². The largest absolute Gasteiger partial charge is 0.350 e. The molecule has 0 fully saturated rings. The summed E-state index contributed by atoms with van der Waals surface area (Å²) < 4.78 is 0. The van der Waals surface area contributed by atoms with Crippen LogP contribution in [0.5, 0.6) is 0 Å². The zero-order chi connectivity index (χ0) is 18.0. The van der Waals surface area contributed by atoms with E-state index >= 15 is 0 Å². The van der Waals surface area contributed by atoms with E-state index in [0.717, 1.165) is 33.8 Å². The number of fused-ring (bicyclic) bond motifs is 1. The third-order valence-corrected chi connectivity index (χ3v) is 5.68. The molecule has 0 aliphatic carbocycles. The highest BCUT2D eigenvalue weighted by Crippen LogP contribution is 2.36. The number of hydrogen-bond donors (Lipinski definition) is 2. The molecule has 25 heavy (non-hydrogen) atoms. The molecule has 6 heteroatoms. The van der Waals surface area contributed by atoms with E-state index in [-0.39, 0.29) is 24.4 Å². The Kier molecular flexibility index (Phi) is 5.20. The van der Waals surface area contributed by atoms with Gasteiger partial charge in [0.05, 0.1) is 13.1 Å². The topological polar surface area (TPSA) is 75.4 Å². The predicted octanol–water partition coefficient (Wildman–Crippen LogP) is 2.68. The Morgan fingerprint density at radius 2 is 2.12 bits per heavy atom. The van der Waals surface area contributed by atoms with Gasteiger partial charge in [0.15, 0.2) is 0 Å². The first-order chi connectivity index (χ1) is 12.0. The molecule has 1 aliphatic rings. The normalized spacial score (nSPS) is 16.4. The van der Waals surface area contributed by atoms with Crippen molar-refractivity contribution in [2.45, 2.75) is 39.3 Å². The minimum Gasteiger partial charge on any atom is -0.350 e. The van der Waals surface area contributed by atoms with E-state index in [1.165, 1.54) is 5.56 Å². The summed E-state index contributed by atoms with van der Waals surface area (Å²) in [5.41, 5.74) is 8.70. The summed E-state index contributed by atoms with van der Waals surface area (Å²) in [6, 6.07) is 10.7. The van der Waals surface area contributed by atoms with E-state index < -0.39 is 0 Å². The van der Waals surface area contributed by atoms with Gasteiger partial charge in [0.25, 0.3) is 0 Å². The number of aryl methyl sites for hydroxylation is 1. The van der Waals surface area contributed by atoms with Gasteiger partial charge in [-0.25, -0.2) is 0 Å². The number of rotatable bonds is 4. The molecule has 1 atom stereocenters. The Morgan fingerprint density at radius 3 is 2.84 bits per heavy atom. The Balaban J connectivity index is 1.82. The molecule has 2 heterocycles. The van der Waals surface area contributed by atoms with E-state index in [0.29, 0.717) is 6.54 Å². The van der Waals surface area contributed by atoms with E-state index in [9.17, 15) is 9.59 Å². The van der Waals surface area contributed by atoms with Crippen LogP contribution in [0.1, 0.15) is 30.7 Å². The zero-order valence-corrected chi connectivity index (χ0v) is 15.4. The van der Waals surface area contributed by atoms with Gasteiger partial charge < -0.3 is 16.0 Å². The Hall–Kier alpha value is -2.18. The first-order valence-electron chi connectivity index (χ1n) is 8.48. The van der Waals surface area contributed by atoms with Crippen molar-refractivity contribution in [3.05, 3.63) is 40.8 Å². The van der Waals surface area contributed by atoms with Gasteiger partial charge in [0, 0.05) is 28.4 Å². The highest BCUT2D eigenvalue weighted by atomic mass is 32.1. The van der Waals surface area contributed by atoms with Crippen LogP contribution < -0.4 is 16.0 Å². The lowest BCUT2D eigenvalue weighted by Gasteiger charge is -2.34. The molecule has 1 unspecified atom stereocenters. The molecule has 0 saturated heterocycles. The number of carbonyl (C=O) groups excluding carboxylic acids is 2. The molecule has 3 rings (SSSR count). The van der Waals surface area contributed by atoms with Crippen LogP contribution in [0.4, 0.5) is 5.69 Å². The van der Waals surface area contributed by atoms with E-state index in [4.69, 9.17) is 5.73 Å². The minimum absolute atomic E-state index is 0.00806. The summed E-state index contributed by atoms with van der Waals surface area (Å²) in [6.07, 6.45) is 1.97. The van der Waals surface area contributed by atoms with Crippen LogP contribution in [0.15, 0.2) is 30.3 Å². The first kappa shape index (κ1) is 17.6. The smallest absolute Gasteiger partial charge is 0.234 e. The van der Waals surface area contributed by atoms with Crippen LogP contribution in [0.25, 0.3) is 10.4 Å². The molecule has 1 aliphatic heterocycles. The van der Waals surface area contributed by atoms with Crippen molar-refractivity contribution in [3.8, 4) is 10.4 Å². The molecule has 5 nitrogen and oxygen atoms in total. The summed E-state index contributed by atoms with van der Waals surface area (Å²) >= 11 is 1.66. The van der Waals surface area contributed by atoms with Crippen LogP contribution in [0.3, 0.4) is 0 Å². The summed E-state index contributed by atoms with van der Waals surface area (Å²) in [7, 11) is 0. The second kappa shape index (κ2) is 7.37. The molecule has 132 valence electrons. The molecule has 0 bridgehead atoms. The Bertz CT molecular complexity index is 800. The number of nitrogens with two attached hydrogens (primary N) is 1. The zero-order valence-electron chi connectivity index (χ0n) is 14.5. The third kappa shape index (κ3) is 3.75. The first-order valence-corrected chi connectivity index (χ1v) is 9.30. The highest BCUT2D eigenvalue weighted by Gasteiger charge is 2.26. The second-order valence-electron chi connectivity index (χ2n) is 6.37. The molecule has 0 saturated carbocycles. The predicted molar refractivity (Wildman–Crippen MR) is 102 cm³/mol. The van der Waals surface area contributed by atoms with E-state index in [1.54, 1.807) is 18.3 Å². The van der Waals surface area contributed by atoms with Gasteiger partial charge in [-0.15, -0.1) is 11.3 Å². The molecular formula is C19H23N3O2S. The average Bonchev–Trinajstić information content (AvgIpc) is 3.07. The molecule has 1 aromatic carbocycles. The monoisotopic (exact) mass is 357 g/mol. The maximum Gasteiger partial charge on any atom is 0.234 e. The fraction of sp³-hybridized carbons (Fsp3) is 0.368. The Morgan fingerprint density at radius 1 is 1.32 bits per heavy atom. The van der Waals surface area contributed by atoms with Crippen LogP contribution >= 0.6 is 11.3 Å². The molecule has 0 spiro atoms. The fourth-order valence-corrected chi connectivity index (χ4v) is 4.21. The van der Waals surface area contributed by atoms with Crippen LogP contribution in [0.2, 0.25) is 0 Å². The van der Waals surface area contributed by atoms with Gasteiger partial charge in [-0.05, 0) is 55.2 Å². The number of nitrogens with zero attached hydrogens (tertiary/aromatic N) is 1. The number of hydrogen-bond acceptors (Lipinski definition) is 4. The number of amides is 2. The molecule has 2 aromatic rings. The molecular weight excluding hydrogens is 334 g/mol. The quantitative estimate of drug-likeness (QED) is 0.883. The molecule has 3 N–H and O–H groups in total. The van der Waals surface area contributed by atoms with Gasteiger partial charge in [0.2, 0.25) is 11.8 Å². The SMILES string of the molecule is CC(=O)N1c2ccc(-c3ccc(CNC(=O)CN)s3)cc2CCC1C. The maximum absolute atomic E-state index is 12.0. The van der Waals surface area contributed by atoms with Crippen molar-refractivity contribution < 1.29 is 9.59 Å². The standard InChI is InChI=1S/C19H23N3O2S/c1-12-3-4-14-9-15(5-7-17(14)22(12)13(2)23)18-8-6-16(25-18)11-21-19(24)10-20/h5-9,12H,3-4,10-11,20H2,1-2H3,(H,21,24). The molecule has 1 aromatic heterocycles. The number of anilines is 1. The lowest BCUT2D eigenvalue weighted by atomic mass is 9.94. The number of benzene rings is 1. The number of thiophene rings is 1. The van der Waals surface area contributed by atoms with Crippen molar-refractivity contribution in [2.24, 2.45) is 5.73 Å². The average molecular weight is 357 g/mol. The lowest BCUT2D eigenvalue weighted by molar-refractivity contribution is -0.120. The summed E-state index contributed by atoms with van der Waals surface area (Å²) in [6.45, 7) is 4.23. The van der Waals surface area contributed by atoms with Crippen LogP contribution in [0, 0.1) is 0 Å². The van der Waals surface area contributed by atoms with E-state index in [2.05, 4.69) is 36.5 Å². The van der Waals surface area contributed by atoms with E-state index in [1.807, 2.05) is 11.0 Å². The van der Waals surface area contributed by atoms with Gasteiger partial charge in [0.1, 0.15) is 0 Å². The summed E-state index contributed by atoms with van der Waals surface area (Å²) in [5, 5.41) is 2.79. The van der Waals surface area contributed by atoms with Gasteiger partial charge in [-0.1, -0.05) is 6.07 Å². The van der Waals surface area contributed by atoms with Crippen LogP contribution in [-0.2, 0) is 22.6 Å². The second-order valence-corrected chi connectivity index (χ2v) is 7.54. The van der Waals surface area contributed by atoms with Crippen molar-refractivity contribution in [1.29, 1.82) is 0 Å². The van der Waals surface area contributed by atoms with Crippen molar-refractivity contribution in [2.75, 3.05) is 11.4 Å². The number of carbonyl (C=O) groups is 2.